The Morgan fingerprint density at radius 2 is 1.89 bits per heavy atom. The zero-order valence-electron chi connectivity index (χ0n) is 9.94. The van der Waals surface area contributed by atoms with Gasteiger partial charge in [-0.2, -0.15) is 0 Å². The van der Waals surface area contributed by atoms with Gasteiger partial charge in [-0.25, -0.2) is 8.78 Å². The fourth-order valence-corrected chi connectivity index (χ4v) is 3.02. The Hall–Kier alpha value is -0.240. The first kappa shape index (κ1) is 15.8. The number of carbonyl (C=O) groups excluding carboxylic acids is 1. The normalized spacial score (nSPS) is 12.6. The van der Waals surface area contributed by atoms with Gasteiger partial charge in [0.2, 0.25) is 0 Å². The van der Waals surface area contributed by atoms with Crippen LogP contribution in [0, 0.1) is 17.6 Å². The molecular weight excluding hydrogens is 419 g/mol. The molecule has 1 N–H and O–H groups in total. The van der Waals surface area contributed by atoms with Crippen molar-refractivity contribution < 1.29 is 13.6 Å². The van der Waals surface area contributed by atoms with Crippen LogP contribution in [-0.4, -0.2) is 16.4 Å². The maximum absolute atomic E-state index is 13.6. The predicted octanol–water partition coefficient (Wildman–Crippen LogP) is 3.92. The van der Waals surface area contributed by atoms with E-state index in [-0.39, 0.29) is 16.4 Å². The molecule has 0 aromatic heterocycles. The minimum Gasteiger partial charge on any atom is -0.348 e. The van der Waals surface area contributed by atoms with Gasteiger partial charge in [0.15, 0.2) is 0 Å². The molecule has 2 nitrogen and oxygen atoms in total. The molecule has 0 saturated carbocycles. The molecule has 6 heteroatoms. The second kappa shape index (κ2) is 6.79. The summed E-state index contributed by atoms with van der Waals surface area (Å²) < 4.78 is 28.1. The molecule has 0 aliphatic heterocycles. The Kier molecular flexibility index (Phi) is 5.97. The third-order valence-electron chi connectivity index (χ3n) is 2.52. The Morgan fingerprint density at radius 1 is 1.39 bits per heavy atom. The number of halogens is 4. The van der Waals surface area contributed by atoms with E-state index in [1.54, 1.807) is 0 Å². The van der Waals surface area contributed by atoms with Gasteiger partial charge >= 0.3 is 0 Å². The van der Waals surface area contributed by atoms with Gasteiger partial charge in [-0.1, -0.05) is 52.4 Å². The Morgan fingerprint density at radius 3 is 2.28 bits per heavy atom. The fourth-order valence-electron chi connectivity index (χ4n) is 1.38. The average Bonchev–Trinajstić information content (AvgIpc) is 2.23. The number of carbonyl (C=O) groups is 1. The maximum atomic E-state index is 13.6. The number of hydrogen-bond donors (Lipinski definition) is 1. The number of nitrogens with one attached hydrogen (secondary N) is 1. The summed E-state index contributed by atoms with van der Waals surface area (Å²) in [7, 11) is 0. The van der Waals surface area contributed by atoms with E-state index in [1.807, 2.05) is 13.8 Å². The molecule has 0 radical (unpaired) electrons. The van der Waals surface area contributed by atoms with Gasteiger partial charge in [-0.3, -0.25) is 4.79 Å². The molecule has 0 aliphatic carbocycles. The van der Waals surface area contributed by atoms with E-state index in [1.165, 1.54) is 0 Å². The summed E-state index contributed by atoms with van der Waals surface area (Å²) >= 11 is 5.10. The summed E-state index contributed by atoms with van der Waals surface area (Å²) in [6.07, 6.45) is 0. The van der Waals surface area contributed by atoms with Crippen LogP contribution in [0.5, 0.6) is 0 Å². The van der Waals surface area contributed by atoms with Crippen LogP contribution in [0.15, 0.2) is 16.6 Å². The van der Waals surface area contributed by atoms with Crippen molar-refractivity contribution in [3.63, 3.8) is 0 Å². The molecule has 1 atom stereocenters. The SMILES string of the molecule is CC(C)C(CI)NC(=O)c1c(F)cc(Br)cc1F. The molecular formula is C12H13BrF2INO. The van der Waals surface area contributed by atoms with Gasteiger partial charge in [0.1, 0.15) is 17.2 Å². The Labute approximate surface area is 127 Å². The van der Waals surface area contributed by atoms with E-state index >= 15 is 0 Å². The van der Waals surface area contributed by atoms with Crippen molar-refractivity contribution in [1.29, 1.82) is 0 Å². The molecule has 100 valence electrons. The summed E-state index contributed by atoms with van der Waals surface area (Å²) in [5.74, 6) is -2.24. The van der Waals surface area contributed by atoms with Gasteiger partial charge < -0.3 is 5.32 Å². The van der Waals surface area contributed by atoms with Crippen LogP contribution < -0.4 is 5.32 Å². The fraction of sp³-hybridized carbons (Fsp3) is 0.417. The van der Waals surface area contributed by atoms with E-state index in [0.29, 0.717) is 4.43 Å². The van der Waals surface area contributed by atoms with Gasteiger partial charge in [0.05, 0.1) is 0 Å². The van der Waals surface area contributed by atoms with Gasteiger partial charge in [0.25, 0.3) is 5.91 Å². The molecule has 0 heterocycles. The molecule has 1 rings (SSSR count). The monoisotopic (exact) mass is 431 g/mol. The van der Waals surface area contributed by atoms with E-state index < -0.39 is 23.1 Å². The lowest BCUT2D eigenvalue weighted by Gasteiger charge is -2.20. The number of benzene rings is 1. The van der Waals surface area contributed by atoms with E-state index in [9.17, 15) is 13.6 Å². The first-order chi connectivity index (χ1) is 8.36. The number of alkyl halides is 1. The highest BCUT2D eigenvalue weighted by Gasteiger charge is 2.22. The number of hydrogen-bond acceptors (Lipinski definition) is 1. The van der Waals surface area contributed by atoms with Crippen LogP contribution in [0.25, 0.3) is 0 Å². The molecule has 0 saturated heterocycles. The predicted molar refractivity (Wildman–Crippen MR) is 79.0 cm³/mol. The second-order valence-electron chi connectivity index (χ2n) is 4.22. The zero-order chi connectivity index (χ0) is 13.9. The molecule has 1 unspecified atom stereocenters. The van der Waals surface area contributed by atoms with Crippen molar-refractivity contribution in [2.24, 2.45) is 5.92 Å². The van der Waals surface area contributed by atoms with Crippen LogP contribution in [0.1, 0.15) is 24.2 Å². The molecule has 0 aliphatic rings. The zero-order valence-corrected chi connectivity index (χ0v) is 13.7. The van der Waals surface area contributed by atoms with Crippen molar-refractivity contribution in [2.75, 3.05) is 4.43 Å². The van der Waals surface area contributed by atoms with Crippen molar-refractivity contribution in [3.8, 4) is 0 Å². The van der Waals surface area contributed by atoms with Crippen molar-refractivity contribution in [3.05, 3.63) is 33.8 Å². The summed E-state index contributed by atoms with van der Waals surface area (Å²) in [6.45, 7) is 3.88. The van der Waals surface area contributed by atoms with Crippen molar-refractivity contribution >= 4 is 44.4 Å². The van der Waals surface area contributed by atoms with Crippen LogP contribution in [0.4, 0.5) is 8.78 Å². The first-order valence-corrected chi connectivity index (χ1v) is 7.70. The maximum Gasteiger partial charge on any atom is 0.257 e. The standard InChI is InChI=1S/C12H13BrF2INO/c1-6(2)10(5-16)17-12(18)11-8(14)3-7(13)4-9(11)15/h3-4,6,10H,5H2,1-2H3,(H,17,18). The summed E-state index contributed by atoms with van der Waals surface area (Å²) in [5, 5.41) is 2.64. The Balaban J connectivity index is 2.98. The average molecular weight is 432 g/mol. The second-order valence-corrected chi connectivity index (χ2v) is 6.02. The van der Waals surface area contributed by atoms with Crippen LogP contribution in [-0.2, 0) is 0 Å². The molecule has 0 bridgehead atoms. The minimum absolute atomic E-state index is 0.111. The largest absolute Gasteiger partial charge is 0.348 e. The third kappa shape index (κ3) is 3.88. The van der Waals surface area contributed by atoms with Crippen molar-refractivity contribution in [1.82, 2.24) is 5.32 Å². The topological polar surface area (TPSA) is 29.1 Å². The number of amides is 1. The lowest BCUT2D eigenvalue weighted by Crippen LogP contribution is -2.40. The smallest absolute Gasteiger partial charge is 0.257 e. The summed E-state index contributed by atoms with van der Waals surface area (Å²) in [4.78, 5) is 11.9. The lowest BCUT2D eigenvalue weighted by molar-refractivity contribution is 0.0923. The van der Waals surface area contributed by atoms with Gasteiger partial charge in [-0.15, -0.1) is 0 Å². The van der Waals surface area contributed by atoms with Gasteiger partial charge in [0, 0.05) is 14.9 Å². The molecule has 1 aromatic rings. The summed E-state index contributed by atoms with van der Waals surface area (Å²) in [6, 6.07) is 2.04. The van der Waals surface area contributed by atoms with Crippen LogP contribution in [0.3, 0.4) is 0 Å². The highest BCUT2D eigenvalue weighted by atomic mass is 127. The van der Waals surface area contributed by atoms with E-state index in [0.717, 1.165) is 12.1 Å². The van der Waals surface area contributed by atoms with Gasteiger partial charge in [-0.05, 0) is 18.1 Å². The van der Waals surface area contributed by atoms with Crippen LogP contribution in [0.2, 0.25) is 0 Å². The van der Waals surface area contributed by atoms with Crippen molar-refractivity contribution in [2.45, 2.75) is 19.9 Å². The Bertz CT molecular complexity index is 431. The molecule has 0 spiro atoms. The molecule has 0 fully saturated rings. The minimum atomic E-state index is -0.865. The molecule has 1 aromatic carbocycles. The van der Waals surface area contributed by atoms with E-state index in [2.05, 4.69) is 43.8 Å². The highest BCUT2D eigenvalue weighted by Crippen LogP contribution is 2.20. The lowest BCUT2D eigenvalue weighted by atomic mass is 10.1. The highest BCUT2D eigenvalue weighted by molar-refractivity contribution is 14.1. The molecule has 18 heavy (non-hydrogen) atoms. The third-order valence-corrected chi connectivity index (χ3v) is 3.93. The molecule has 1 amide bonds. The van der Waals surface area contributed by atoms with Crippen LogP contribution >= 0.6 is 38.5 Å². The quantitative estimate of drug-likeness (QED) is 0.568. The van der Waals surface area contributed by atoms with E-state index in [4.69, 9.17) is 0 Å². The summed E-state index contributed by atoms with van der Waals surface area (Å²) in [5.41, 5.74) is -0.534. The number of rotatable bonds is 4. The first-order valence-electron chi connectivity index (χ1n) is 5.38.